The minimum absolute atomic E-state index is 0.0327. The van der Waals surface area contributed by atoms with Crippen molar-refractivity contribution in [1.29, 1.82) is 0 Å². The highest BCUT2D eigenvalue weighted by Crippen LogP contribution is 2.38. The van der Waals surface area contributed by atoms with Crippen molar-refractivity contribution in [3.8, 4) is 0 Å². The molecule has 434 valence electrons. The minimum atomic E-state index is -4.63. The van der Waals surface area contributed by atoms with Crippen molar-refractivity contribution in [1.82, 2.24) is 0 Å². The summed E-state index contributed by atoms with van der Waals surface area (Å²) in [7, 11) is 1.16. The summed E-state index contributed by atoms with van der Waals surface area (Å²) in [6.45, 7) is 4.10. The number of phosphoric ester groups is 1. The molecule has 0 heterocycles. The molecule has 10 heteroatoms. The summed E-state index contributed by atoms with van der Waals surface area (Å²) in [6.07, 6.45) is 75.2. The van der Waals surface area contributed by atoms with Crippen LogP contribution in [0.1, 0.15) is 264 Å². The normalized spacial score (nSPS) is 13.8. The molecular formula is C65H116NO8P. The van der Waals surface area contributed by atoms with Crippen molar-refractivity contribution < 1.29 is 42.1 Å². The Morgan fingerprint density at radius 3 is 1.15 bits per heavy atom. The second-order valence-electron chi connectivity index (χ2n) is 21.7. The summed E-state index contributed by atoms with van der Waals surface area (Å²) in [5.74, 6) is -0.839. The van der Waals surface area contributed by atoms with E-state index in [1.54, 1.807) is 0 Å². The molecule has 0 fully saturated rings. The van der Waals surface area contributed by atoms with Crippen LogP contribution in [0, 0.1) is 0 Å². The SMILES string of the molecule is CC/C=C\C/C=C\C/C=C\C/C=C\C/C=C\C/C=C\CCCCCCCCCCCCCCCCCCCCCCC(=O)OC(COC(=O)CCCCCCC/C=C\CCCCC)COP(=O)([O-])OCC[N+](C)(C)C. The Morgan fingerprint density at radius 1 is 0.427 bits per heavy atom. The molecule has 0 saturated heterocycles. The summed E-state index contributed by atoms with van der Waals surface area (Å²) in [6, 6.07) is 0. The number of nitrogens with zero attached hydrogens (tertiary/aromatic N) is 1. The third kappa shape index (κ3) is 60.3. The van der Waals surface area contributed by atoms with E-state index in [1.165, 1.54) is 135 Å². The number of ether oxygens (including phenoxy) is 2. The molecule has 2 unspecified atom stereocenters. The van der Waals surface area contributed by atoms with Gasteiger partial charge in [0.2, 0.25) is 0 Å². The first-order valence-corrected chi connectivity index (χ1v) is 32.3. The molecule has 0 N–H and O–H groups in total. The number of rotatable bonds is 56. The second-order valence-corrected chi connectivity index (χ2v) is 23.1. The van der Waals surface area contributed by atoms with Gasteiger partial charge in [-0.25, -0.2) is 0 Å². The van der Waals surface area contributed by atoms with E-state index in [-0.39, 0.29) is 26.1 Å². The van der Waals surface area contributed by atoms with E-state index in [0.29, 0.717) is 17.4 Å². The Labute approximate surface area is 462 Å². The largest absolute Gasteiger partial charge is 0.756 e. The maximum Gasteiger partial charge on any atom is 0.306 e. The lowest BCUT2D eigenvalue weighted by Crippen LogP contribution is -2.37. The fourth-order valence-electron chi connectivity index (χ4n) is 8.42. The van der Waals surface area contributed by atoms with E-state index < -0.39 is 32.5 Å². The molecule has 0 saturated carbocycles. The topological polar surface area (TPSA) is 111 Å². The minimum Gasteiger partial charge on any atom is -0.756 e. The summed E-state index contributed by atoms with van der Waals surface area (Å²) < 4.78 is 34.1. The molecular weight excluding hydrogens is 954 g/mol. The van der Waals surface area contributed by atoms with Crippen LogP contribution in [0.4, 0.5) is 0 Å². The van der Waals surface area contributed by atoms with E-state index in [4.69, 9.17) is 18.5 Å². The van der Waals surface area contributed by atoms with Gasteiger partial charge in [-0.3, -0.25) is 14.2 Å². The van der Waals surface area contributed by atoms with Gasteiger partial charge in [0, 0.05) is 12.8 Å². The summed E-state index contributed by atoms with van der Waals surface area (Å²) in [4.78, 5) is 37.8. The molecule has 0 aliphatic rings. The van der Waals surface area contributed by atoms with E-state index in [2.05, 4.69) is 98.9 Å². The van der Waals surface area contributed by atoms with Crippen molar-refractivity contribution in [2.75, 3.05) is 47.5 Å². The number of likely N-dealkylation sites (N-methyl/N-ethyl adjacent to an activating group) is 1. The highest BCUT2D eigenvalue weighted by atomic mass is 31.2. The van der Waals surface area contributed by atoms with Crippen LogP contribution in [0.3, 0.4) is 0 Å². The third-order valence-corrected chi connectivity index (χ3v) is 14.1. The highest BCUT2D eigenvalue weighted by molar-refractivity contribution is 7.45. The third-order valence-electron chi connectivity index (χ3n) is 13.1. The predicted molar refractivity (Wildman–Crippen MR) is 319 cm³/mol. The Bertz CT molecular complexity index is 1540. The molecule has 0 bridgehead atoms. The van der Waals surface area contributed by atoms with E-state index >= 15 is 0 Å². The van der Waals surface area contributed by atoms with Gasteiger partial charge in [-0.05, 0) is 89.9 Å². The standard InChI is InChI=1S/C65H116NO8P/c1-6-8-10-12-14-16-18-20-21-22-23-24-25-26-27-28-29-30-31-32-33-34-35-36-37-38-39-40-41-42-43-44-45-46-48-50-52-54-56-58-65(68)74-63(62-73-75(69,70)72-60-59-66(3,4)5)61-71-64(67)57-55-53-51-49-47-19-17-15-13-11-9-7-2/h8,10,14-17,20-21,23-24,26-27,29-30,63H,6-7,9,11-13,18-19,22,25,28,31-62H2,1-5H3/b10-8-,16-14-,17-15-,21-20-,24-23-,27-26-,30-29-. The molecule has 0 aliphatic heterocycles. The molecule has 0 aromatic heterocycles. The number of phosphoric acid groups is 1. The van der Waals surface area contributed by atoms with Gasteiger partial charge >= 0.3 is 11.9 Å². The quantitative estimate of drug-likeness (QED) is 0.0195. The average molecular weight is 1070 g/mol. The molecule has 2 atom stereocenters. The first-order chi connectivity index (χ1) is 36.5. The molecule has 75 heavy (non-hydrogen) atoms. The van der Waals surface area contributed by atoms with Gasteiger partial charge in [0.25, 0.3) is 7.82 Å². The first-order valence-electron chi connectivity index (χ1n) is 30.8. The number of hydrogen-bond donors (Lipinski definition) is 0. The van der Waals surface area contributed by atoms with Crippen molar-refractivity contribution >= 4 is 19.8 Å². The smallest absolute Gasteiger partial charge is 0.306 e. The molecule has 0 aromatic rings. The highest BCUT2D eigenvalue weighted by Gasteiger charge is 2.22. The Morgan fingerprint density at radius 2 is 0.760 bits per heavy atom. The van der Waals surface area contributed by atoms with Crippen LogP contribution in [0.15, 0.2) is 85.1 Å². The number of esters is 2. The number of carbonyl (C=O) groups is 2. The monoisotopic (exact) mass is 1070 g/mol. The molecule has 0 radical (unpaired) electrons. The zero-order valence-electron chi connectivity index (χ0n) is 49.2. The molecule has 0 amide bonds. The van der Waals surface area contributed by atoms with Gasteiger partial charge in [0.15, 0.2) is 6.10 Å². The lowest BCUT2D eigenvalue weighted by Gasteiger charge is -2.28. The average Bonchev–Trinajstić information content (AvgIpc) is 3.37. The van der Waals surface area contributed by atoms with Crippen molar-refractivity contribution in [2.45, 2.75) is 270 Å². The maximum atomic E-state index is 12.8. The van der Waals surface area contributed by atoms with E-state index in [1.807, 2.05) is 21.1 Å². The van der Waals surface area contributed by atoms with Crippen LogP contribution in [-0.2, 0) is 32.7 Å². The van der Waals surface area contributed by atoms with Gasteiger partial charge in [-0.1, -0.05) is 247 Å². The number of carbonyl (C=O) groups excluding carboxylic acids is 2. The van der Waals surface area contributed by atoms with E-state index in [0.717, 1.165) is 96.3 Å². The second kappa shape index (κ2) is 55.9. The summed E-state index contributed by atoms with van der Waals surface area (Å²) in [5, 5.41) is 0. The molecule has 9 nitrogen and oxygen atoms in total. The lowest BCUT2D eigenvalue weighted by molar-refractivity contribution is -0.870. The Hall–Kier alpha value is -2.81. The van der Waals surface area contributed by atoms with E-state index in [9.17, 15) is 19.0 Å². The lowest BCUT2D eigenvalue weighted by atomic mass is 10.0. The summed E-state index contributed by atoms with van der Waals surface area (Å²) >= 11 is 0. The van der Waals surface area contributed by atoms with Crippen LogP contribution < -0.4 is 4.89 Å². The Balaban J connectivity index is 3.92. The summed E-state index contributed by atoms with van der Waals surface area (Å²) in [5.41, 5.74) is 0. The first kappa shape index (κ1) is 72.2. The zero-order valence-corrected chi connectivity index (χ0v) is 50.1. The predicted octanol–water partition coefficient (Wildman–Crippen LogP) is 18.8. The number of unbranched alkanes of at least 4 members (excludes halogenated alkanes) is 28. The fourth-order valence-corrected chi connectivity index (χ4v) is 9.15. The molecule has 0 spiro atoms. The van der Waals surface area contributed by atoms with Crippen molar-refractivity contribution in [3.05, 3.63) is 85.1 Å². The van der Waals surface area contributed by atoms with Crippen LogP contribution in [0.2, 0.25) is 0 Å². The van der Waals surface area contributed by atoms with Gasteiger partial charge in [-0.15, -0.1) is 0 Å². The van der Waals surface area contributed by atoms with Crippen LogP contribution in [0.5, 0.6) is 0 Å². The van der Waals surface area contributed by atoms with Crippen LogP contribution in [0.25, 0.3) is 0 Å². The number of hydrogen-bond acceptors (Lipinski definition) is 8. The van der Waals surface area contributed by atoms with Crippen LogP contribution in [-0.4, -0.2) is 70.0 Å². The Kier molecular flexibility index (Phi) is 53.8. The van der Waals surface area contributed by atoms with Gasteiger partial charge in [0.1, 0.15) is 19.8 Å². The maximum absolute atomic E-state index is 12.8. The number of quaternary nitrogens is 1. The molecule has 0 rings (SSSR count). The van der Waals surface area contributed by atoms with Crippen molar-refractivity contribution in [2.24, 2.45) is 0 Å². The fraction of sp³-hybridized carbons (Fsp3) is 0.754. The van der Waals surface area contributed by atoms with Gasteiger partial charge < -0.3 is 27.9 Å². The molecule has 0 aromatic carbocycles. The van der Waals surface area contributed by atoms with Crippen molar-refractivity contribution in [3.63, 3.8) is 0 Å². The molecule has 0 aliphatic carbocycles. The van der Waals surface area contributed by atoms with Gasteiger partial charge in [0.05, 0.1) is 27.7 Å². The zero-order chi connectivity index (χ0) is 54.9. The van der Waals surface area contributed by atoms with Gasteiger partial charge in [-0.2, -0.15) is 0 Å². The number of allylic oxidation sites excluding steroid dienone is 14. The van der Waals surface area contributed by atoms with Crippen LogP contribution >= 0.6 is 7.82 Å².